The van der Waals surface area contributed by atoms with E-state index in [9.17, 15) is 21.6 Å². The largest absolute Gasteiger partial charge is 0.416 e. The molecular weight excluding hydrogens is 301 g/mol. The number of anilines is 1. The van der Waals surface area contributed by atoms with E-state index in [0.717, 1.165) is 6.07 Å². The molecule has 0 saturated heterocycles. The number of thiocarbonyl (C=S) groups is 1. The number of hydrogen-bond donors (Lipinski definition) is 2. The normalized spacial score (nSPS) is 12.2. The molecule has 0 aliphatic carbocycles. The summed E-state index contributed by atoms with van der Waals surface area (Å²) in [4.78, 5) is -0.268. The summed E-state index contributed by atoms with van der Waals surface area (Å²) in [6.07, 6.45) is -4.55. The van der Waals surface area contributed by atoms with Gasteiger partial charge < -0.3 is 5.73 Å². The molecule has 0 bridgehead atoms. The van der Waals surface area contributed by atoms with Crippen LogP contribution >= 0.6 is 12.2 Å². The highest BCUT2D eigenvalue weighted by molar-refractivity contribution is 7.95. The van der Waals surface area contributed by atoms with Gasteiger partial charge in [0.2, 0.25) is 10.0 Å². The van der Waals surface area contributed by atoms with Crippen LogP contribution in [-0.4, -0.2) is 19.2 Å². The number of hydrogen-bond acceptors (Lipinski definition) is 3. The fraction of sp³-hybridized carbons (Fsp3) is 0.300. The molecule has 0 aliphatic rings. The van der Waals surface area contributed by atoms with E-state index < -0.39 is 27.5 Å². The Morgan fingerprint density at radius 3 is 2.47 bits per heavy atom. The molecule has 0 aromatic heterocycles. The van der Waals surface area contributed by atoms with E-state index in [1.54, 1.807) is 0 Å². The molecule has 0 saturated carbocycles. The second kappa shape index (κ2) is 5.33. The van der Waals surface area contributed by atoms with Gasteiger partial charge in [0.05, 0.1) is 10.6 Å². The minimum Gasteiger partial charge on any atom is -0.392 e. The second-order valence-electron chi connectivity index (χ2n) is 3.85. The van der Waals surface area contributed by atoms with Crippen molar-refractivity contribution < 1.29 is 21.6 Å². The Labute approximate surface area is 113 Å². The molecule has 3 N–H and O–H groups in total. The predicted molar refractivity (Wildman–Crippen MR) is 70.4 cm³/mol. The average molecular weight is 312 g/mol. The fourth-order valence-corrected chi connectivity index (χ4v) is 2.79. The van der Waals surface area contributed by atoms with E-state index in [1.807, 2.05) is 4.72 Å². The van der Waals surface area contributed by atoms with Gasteiger partial charge in [-0.15, -0.1) is 0 Å². The van der Waals surface area contributed by atoms with Gasteiger partial charge in [-0.3, -0.25) is 4.72 Å². The Hall–Kier alpha value is -1.35. The fourth-order valence-electron chi connectivity index (χ4n) is 1.39. The maximum Gasteiger partial charge on any atom is 0.416 e. The molecule has 0 unspecified atom stereocenters. The quantitative estimate of drug-likeness (QED) is 0.835. The molecule has 1 aromatic carbocycles. The van der Waals surface area contributed by atoms with Gasteiger partial charge in [-0.25, -0.2) is 8.42 Å². The molecule has 0 amide bonds. The van der Waals surface area contributed by atoms with Crippen molar-refractivity contribution in [2.24, 2.45) is 5.73 Å². The van der Waals surface area contributed by atoms with Crippen LogP contribution in [0, 0.1) is 6.92 Å². The Morgan fingerprint density at radius 2 is 2.00 bits per heavy atom. The first-order chi connectivity index (χ1) is 8.51. The Balaban J connectivity index is 3.08. The highest BCUT2D eigenvalue weighted by Crippen LogP contribution is 2.33. The number of aryl methyl sites for hydroxylation is 1. The van der Waals surface area contributed by atoms with Crippen LogP contribution in [-0.2, 0) is 16.2 Å². The molecular formula is C10H11F3N2O2S2. The minimum absolute atomic E-state index is 0.00444. The van der Waals surface area contributed by atoms with Gasteiger partial charge in [0.15, 0.2) is 0 Å². The second-order valence-corrected chi connectivity index (χ2v) is 6.10. The smallest absolute Gasteiger partial charge is 0.392 e. The zero-order chi connectivity index (χ0) is 14.8. The molecule has 9 heteroatoms. The molecule has 1 rings (SSSR count). The van der Waals surface area contributed by atoms with E-state index in [0.29, 0.717) is 0 Å². The van der Waals surface area contributed by atoms with Gasteiger partial charge in [0.1, 0.15) is 5.75 Å². The predicted octanol–water partition coefficient (Wildman–Crippen LogP) is 2.04. The van der Waals surface area contributed by atoms with Crippen molar-refractivity contribution in [2.75, 3.05) is 10.5 Å². The molecule has 0 spiro atoms. The van der Waals surface area contributed by atoms with Crippen molar-refractivity contribution in [1.82, 2.24) is 0 Å². The van der Waals surface area contributed by atoms with E-state index in [-0.39, 0.29) is 16.2 Å². The molecule has 0 heterocycles. The Kier molecular flexibility index (Phi) is 4.41. The van der Waals surface area contributed by atoms with E-state index >= 15 is 0 Å². The van der Waals surface area contributed by atoms with E-state index in [4.69, 9.17) is 5.73 Å². The average Bonchev–Trinajstić information content (AvgIpc) is 2.16. The van der Waals surface area contributed by atoms with E-state index in [2.05, 4.69) is 12.2 Å². The first kappa shape index (κ1) is 15.7. The third-order valence-corrected chi connectivity index (χ3v) is 3.71. The lowest BCUT2D eigenvalue weighted by Gasteiger charge is -2.13. The first-order valence-electron chi connectivity index (χ1n) is 4.98. The SMILES string of the molecule is Cc1ccc(NS(=O)(=O)CC(N)=S)cc1C(F)(F)F. The lowest BCUT2D eigenvalue weighted by atomic mass is 10.1. The number of nitrogens with one attached hydrogen (secondary N) is 1. The van der Waals surface area contributed by atoms with Crippen LogP contribution in [0.1, 0.15) is 11.1 Å². The summed E-state index contributed by atoms with van der Waals surface area (Å²) in [5.74, 6) is -0.627. The lowest BCUT2D eigenvalue weighted by Crippen LogP contribution is -2.26. The molecule has 19 heavy (non-hydrogen) atoms. The standard InChI is InChI=1S/C10H11F3N2O2S2/c1-6-2-3-7(4-8(6)10(11,12)13)15-19(16,17)5-9(14)18/h2-4,15H,5H2,1H3,(H2,14,18). The molecule has 0 aliphatic heterocycles. The molecule has 0 radical (unpaired) electrons. The van der Waals surface area contributed by atoms with Gasteiger partial charge in [-0.05, 0) is 24.6 Å². The van der Waals surface area contributed by atoms with Crippen LogP contribution in [0.3, 0.4) is 0 Å². The molecule has 0 fully saturated rings. The van der Waals surface area contributed by atoms with Crippen LogP contribution in [0.15, 0.2) is 18.2 Å². The van der Waals surface area contributed by atoms with Gasteiger partial charge in [0, 0.05) is 5.69 Å². The van der Waals surface area contributed by atoms with E-state index in [1.165, 1.54) is 19.1 Å². The summed E-state index contributed by atoms with van der Waals surface area (Å²) < 4.78 is 62.9. The van der Waals surface area contributed by atoms with Crippen molar-refractivity contribution in [3.63, 3.8) is 0 Å². The van der Waals surface area contributed by atoms with Gasteiger partial charge in [-0.2, -0.15) is 13.2 Å². The van der Waals surface area contributed by atoms with Crippen molar-refractivity contribution in [1.29, 1.82) is 0 Å². The van der Waals surface area contributed by atoms with Crippen LogP contribution in [0.5, 0.6) is 0 Å². The Bertz CT molecular complexity index is 597. The van der Waals surface area contributed by atoms with Crippen molar-refractivity contribution in [3.8, 4) is 0 Å². The first-order valence-corrected chi connectivity index (χ1v) is 7.04. The van der Waals surface area contributed by atoms with Crippen LogP contribution in [0.4, 0.5) is 18.9 Å². The lowest BCUT2D eigenvalue weighted by molar-refractivity contribution is -0.138. The highest BCUT2D eigenvalue weighted by atomic mass is 32.2. The third-order valence-electron chi connectivity index (χ3n) is 2.15. The summed E-state index contributed by atoms with van der Waals surface area (Å²) in [7, 11) is -3.89. The highest BCUT2D eigenvalue weighted by Gasteiger charge is 2.32. The topological polar surface area (TPSA) is 72.2 Å². The number of sulfonamides is 1. The summed E-state index contributed by atoms with van der Waals surface area (Å²) in [6.45, 7) is 1.29. The van der Waals surface area contributed by atoms with Crippen molar-refractivity contribution in [2.45, 2.75) is 13.1 Å². The summed E-state index contributed by atoms with van der Waals surface area (Å²) in [6, 6.07) is 3.15. The summed E-state index contributed by atoms with van der Waals surface area (Å²) in [5.41, 5.74) is 4.01. The van der Waals surface area contributed by atoms with Crippen LogP contribution in [0.2, 0.25) is 0 Å². The third kappa shape index (κ3) is 4.67. The van der Waals surface area contributed by atoms with Gasteiger partial charge in [-0.1, -0.05) is 18.3 Å². The van der Waals surface area contributed by atoms with Crippen LogP contribution in [0.25, 0.3) is 0 Å². The summed E-state index contributed by atoms with van der Waals surface area (Å²) >= 11 is 4.44. The Morgan fingerprint density at radius 1 is 1.42 bits per heavy atom. The monoisotopic (exact) mass is 312 g/mol. The molecule has 106 valence electrons. The minimum atomic E-state index is -4.55. The van der Waals surface area contributed by atoms with Gasteiger partial charge in [0.25, 0.3) is 0 Å². The molecule has 1 aromatic rings. The number of benzene rings is 1. The maximum absolute atomic E-state index is 12.7. The number of alkyl halides is 3. The zero-order valence-electron chi connectivity index (χ0n) is 9.78. The van der Waals surface area contributed by atoms with Crippen LogP contribution < -0.4 is 10.5 Å². The number of halogens is 3. The zero-order valence-corrected chi connectivity index (χ0v) is 11.4. The van der Waals surface area contributed by atoms with Crippen molar-refractivity contribution in [3.05, 3.63) is 29.3 Å². The number of rotatable bonds is 4. The van der Waals surface area contributed by atoms with Crippen molar-refractivity contribution >= 4 is 32.9 Å². The number of nitrogens with two attached hydrogens (primary N) is 1. The summed E-state index contributed by atoms with van der Waals surface area (Å²) in [5, 5.41) is 0. The molecule has 0 atom stereocenters. The van der Waals surface area contributed by atoms with Gasteiger partial charge >= 0.3 is 6.18 Å². The maximum atomic E-state index is 12.7. The molecule has 4 nitrogen and oxygen atoms in total.